The van der Waals surface area contributed by atoms with E-state index < -0.39 is 9.84 Å². The Morgan fingerprint density at radius 1 is 1.13 bits per heavy atom. The van der Waals surface area contributed by atoms with Gasteiger partial charge in [0.15, 0.2) is 9.84 Å². The van der Waals surface area contributed by atoms with Gasteiger partial charge in [-0.1, -0.05) is 27.2 Å². The maximum atomic E-state index is 11.4. The van der Waals surface area contributed by atoms with E-state index in [0.717, 1.165) is 6.42 Å². The number of rotatable bonds is 8. The topological polar surface area (TPSA) is 46.2 Å². The van der Waals surface area contributed by atoms with Gasteiger partial charge >= 0.3 is 0 Å². The highest BCUT2D eigenvalue weighted by atomic mass is 32.2. The molecule has 2 unspecified atom stereocenters. The SMILES string of the molecule is CCCS(=O)(=O)CCNC(C)C(C)CC. The monoisotopic (exact) mass is 235 g/mol. The third kappa shape index (κ3) is 6.90. The lowest BCUT2D eigenvalue weighted by atomic mass is 10.0. The van der Waals surface area contributed by atoms with Crippen LogP contribution in [0.25, 0.3) is 0 Å². The molecular weight excluding hydrogens is 210 g/mol. The Hall–Kier alpha value is -0.0900. The molecule has 4 heteroatoms. The zero-order valence-electron chi connectivity index (χ0n) is 10.4. The van der Waals surface area contributed by atoms with Gasteiger partial charge in [0.2, 0.25) is 0 Å². The molecule has 0 aliphatic heterocycles. The average molecular weight is 235 g/mol. The van der Waals surface area contributed by atoms with Gasteiger partial charge in [0.05, 0.1) is 5.75 Å². The summed E-state index contributed by atoms with van der Waals surface area (Å²) in [4.78, 5) is 0. The van der Waals surface area contributed by atoms with Crippen molar-refractivity contribution >= 4 is 9.84 Å². The van der Waals surface area contributed by atoms with Crippen molar-refractivity contribution in [2.24, 2.45) is 5.92 Å². The van der Waals surface area contributed by atoms with E-state index in [9.17, 15) is 8.42 Å². The standard InChI is InChI=1S/C11H25NO2S/c1-5-8-15(13,14)9-7-12-11(4)10(3)6-2/h10-12H,5-9H2,1-4H3. The van der Waals surface area contributed by atoms with Crippen molar-refractivity contribution in [2.75, 3.05) is 18.1 Å². The normalized spacial score (nSPS) is 16.3. The maximum Gasteiger partial charge on any atom is 0.151 e. The summed E-state index contributed by atoms with van der Waals surface area (Å²) in [7, 11) is -2.82. The third-order valence-electron chi connectivity index (χ3n) is 2.89. The van der Waals surface area contributed by atoms with Gasteiger partial charge in [-0.2, -0.15) is 0 Å². The van der Waals surface area contributed by atoms with E-state index >= 15 is 0 Å². The average Bonchev–Trinajstić information content (AvgIpc) is 2.15. The first kappa shape index (κ1) is 14.9. The van der Waals surface area contributed by atoms with Crippen molar-refractivity contribution < 1.29 is 8.42 Å². The molecule has 0 amide bonds. The Balaban J connectivity index is 3.79. The summed E-state index contributed by atoms with van der Waals surface area (Å²) in [6.07, 6.45) is 1.83. The Bertz CT molecular complexity index is 249. The fourth-order valence-corrected chi connectivity index (χ4v) is 2.66. The van der Waals surface area contributed by atoms with Crippen LogP contribution in [0, 0.1) is 5.92 Å². The summed E-state index contributed by atoms with van der Waals surface area (Å²) in [6, 6.07) is 0.395. The molecule has 0 fully saturated rings. The predicted octanol–water partition coefficient (Wildman–Crippen LogP) is 1.84. The smallest absolute Gasteiger partial charge is 0.151 e. The number of nitrogens with one attached hydrogen (secondary N) is 1. The molecule has 0 rings (SSSR count). The highest BCUT2D eigenvalue weighted by Crippen LogP contribution is 2.06. The van der Waals surface area contributed by atoms with E-state index in [1.165, 1.54) is 0 Å². The van der Waals surface area contributed by atoms with Crippen LogP contribution in [-0.4, -0.2) is 32.5 Å². The van der Waals surface area contributed by atoms with E-state index in [2.05, 4.69) is 26.1 Å². The third-order valence-corrected chi connectivity index (χ3v) is 4.75. The zero-order chi connectivity index (χ0) is 11.9. The van der Waals surface area contributed by atoms with Gasteiger partial charge in [-0.25, -0.2) is 8.42 Å². The minimum Gasteiger partial charge on any atom is -0.313 e. The summed E-state index contributed by atoms with van der Waals surface area (Å²) in [5.74, 6) is 1.17. The second-order valence-electron chi connectivity index (χ2n) is 4.28. The van der Waals surface area contributed by atoms with Crippen molar-refractivity contribution in [2.45, 2.75) is 46.6 Å². The minimum absolute atomic E-state index is 0.265. The van der Waals surface area contributed by atoms with Gasteiger partial charge < -0.3 is 5.32 Å². The van der Waals surface area contributed by atoms with E-state index in [-0.39, 0.29) is 5.75 Å². The van der Waals surface area contributed by atoms with Gasteiger partial charge in [-0.3, -0.25) is 0 Å². The van der Waals surface area contributed by atoms with E-state index in [4.69, 9.17) is 0 Å². The number of sulfone groups is 1. The van der Waals surface area contributed by atoms with Gasteiger partial charge in [0.25, 0.3) is 0 Å². The summed E-state index contributed by atoms with van der Waals surface area (Å²) in [6.45, 7) is 8.91. The highest BCUT2D eigenvalue weighted by molar-refractivity contribution is 7.91. The van der Waals surface area contributed by atoms with Crippen molar-refractivity contribution in [1.82, 2.24) is 5.32 Å². The lowest BCUT2D eigenvalue weighted by molar-refractivity contribution is 0.398. The molecular formula is C11H25NO2S. The van der Waals surface area contributed by atoms with E-state index in [0.29, 0.717) is 30.7 Å². The molecule has 0 spiro atoms. The van der Waals surface area contributed by atoms with Gasteiger partial charge in [0.1, 0.15) is 0 Å². The molecule has 0 aromatic carbocycles. The first-order chi connectivity index (χ1) is 6.93. The molecule has 0 bridgehead atoms. The van der Waals surface area contributed by atoms with Crippen molar-refractivity contribution in [1.29, 1.82) is 0 Å². The molecule has 0 radical (unpaired) electrons. The predicted molar refractivity (Wildman–Crippen MR) is 65.9 cm³/mol. The van der Waals surface area contributed by atoms with Gasteiger partial charge in [0, 0.05) is 18.3 Å². The lowest BCUT2D eigenvalue weighted by Gasteiger charge is -2.19. The minimum atomic E-state index is -2.82. The fourth-order valence-electron chi connectivity index (χ4n) is 1.41. The maximum absolute atomic E-state index is 11.4. The summed E-state index contributed by atoms with van der Waals surface area (Å²) in [5.41, 5.74) is 0. The van der Waals surface area contributed by atoms with E-state index in [1.54, 1.807) is 0 Å². The van der Waals surface area contributed by atoms with Crippen molar-refractivity contribution in [3.8, 4) is 0 Å². The number of hydrogen-bond acceptors (Lipinski definition) is 3. The second kappa shape index (κ2) is 7.23. The molecule has 0 aromatic heterocycles. The largest absolute Gasteiger partial charge is 0.313 e. The highest BCUT2D eigenvalue weighted by Gasteiger charge is 2.12. The molecule has 2 atom stereocenters. The van der Waals surface area contributed by atoms with Crippen LogP contribution >= 0.6 is 0 Å². The molecule has 92 valence electrons. The summed E-state index contributed by atoms with van der Waals surface area (Å²) in [5, 5.41) is 3.27. The Labute approximate surface area is 94.6 Å². The molecule has 0 aliphatic carbocycles. The fraction of sp³-hybridized carbons (Fsp3) is 1.00. The molecule has 0 saturated carbocycles. The molecule has 1 N–H and O–H groups in total. The van der Waals surface area contributed by atoms with Crippen LogP contribution in [0.3, 0.4) is 0 Å². The first-order valence-electron chi connectivity index (χ1n) is 5.86. The Morgan fingerprint density at radius 2 is 1.73 bits per heavy atom. The van der Waals surface area contributed by atoms with Crippen LogP contribution in [0.2, 0.25) is 0 Å². The number of hydrogen-bond donors (Lipinski definition) is 1. The van der Waals surface area contributed by atoms with Crippen LogP contribution in [0.4, 0.5) is 0 Å². The Kier molecular flexibility index (Phi) is 7.18. The quantitative estimate of drug-likeness (QED) is 0.698. The molecule has 0 saturated heterocycles. The molecule has 3 nitrogen and oxygen atoms in total. The first-order valence-corrected chi connectivity index (χ1v) is 7.68. The molecule has 0 heterocycles. The zero-order valence-corrected chi connectivity index (χ0v) is 11.2. The second-order valence-corrected chi connectivity index (χ2v) is 6.58. The summed E-state index contributed by atoms with van der Waals surface area (Å²) < 4.78 is 22.8. The lowest BCUT2D eigenvalue weighted by Crippen LogP contribution is -2.35. The van der Waals surface area contributed by atoms with Gasteiger partial charge in [-0.05, 0) is 19.3 Å². The molecule has 15 heavy (non-hydrogen) atoms. The summed E-state index contributed by atoms with van der Waals surface area (Å²) >= 11 is 0. The van der Waals surface area contributed by atoms with Gasteiger partial charge in [-0.15, -0.1) is 0 Å². The molecule has 0 aromatic rings. The van der Waals surface area contributed by atoms with Crippen LogP contribution in [0.15, 0.2) is 0 Å². The van der Waals surface area contributed by atoms with Crippen LogP contribution in [0.5, 0.6) is 0 Å². The Morgan fingerprint density at radius 3 is 2.20 bits per heavy atom. The van der Waals surface area contributed by atoms with Crippen LogP contribution < -0.4 is 5.32 Å². The van der Waals surface area contributed by atoms with E-state index in [1.807, 2.05) is 6.92 Å². The van der Waals surface area contributed by atoms with Crippen molar-refractivity contribution in [3.63, 3.8) is 0 Å². The molecule has 0 aliphatic rings. The van der Waals surface area contributed by atoms with Crippen LogP contribution in [-0.2, 0) is 9.84 Å². The van der Waals surface area contributed by atoms with Crippen molar-refractivity contribution in [3.05, 3.63) is 0 Å². The van der Waals surface area contributed by atoms with Crippen LogP contribution in [0.1, 0.15) is 40.5 Å².